The average Bonchev–Trinajstić information content (AvgIpc) is 2.42. The van der Waals surface area contributed by atoms with Crippen LogP contribution >= 0.6 is 0 Å². The summed E-state index contributed by atoms with van der Waals surface area (Å²) in [7, 11) is 1.37. The van der Waals surface area contributed by atoms with E-state index in [0.29, 0.717) is 6.42 Å². The van der Waals surface area contributed by atoms with Gasteiger partial charge in [0.1, 0.15) is 24.7 Å². The van der Waals surface area contributed by atoms with Crippen molar-refractivity contribution >= 4 is 0 Å². The first-order chi connectivity index (χ1) is 9.01. The van der Waals surface area contributed by atoms with Crippen LogP contribution in [0.2, 0.25) is 0 Å². The van der Waals surface area contributed by atoms with Crippen LogP contribution in [0.25, 0.3) is 0 Å². The summed E-state index contributed by atoms with van der Waals surface area (Å²) in [4.78, 5) is 0. The van der Waals surface area contributed by atoms with Crippen molar-refractivity contribution in [3.05, 3.63) is 12.7 Å². The van der Waals surface area contributed by atoms with Crippen molar-refractivity contribution < 1.29 is 29.2 Å². The molecule has 0 saturated carbocycles. The Balaban J connectivity index is 5.29. The molecule has 6 heteroatoms. The van der Waals surface area contributed by atoms with Crippen LogP contribution < -0.4 is 0 Å². The molecule has 2 unspecified atom stereocenters. The second kappa shape index (κ2) is 6.95. The minimum atomic E-state index is -2.76. The van der Waals surface area contributed by atoms with Gasteiger partial charge in [-0.2, -0.15) is 0 Å². The number of rotatable bonds is 9. The van der Waals surface area contributed by atoms with Crippen molar-refractivity contribution in [3.63, 3.8) is 0 Å². The van der Waals surface area contributed by atoms with Gasteiger partial charge in [-0.15, -0.1) is 6.58 Å². The van der Waals surface area contributed by atoms with Gasteiger partial charge in [0.2, 0.25) is 5.79 Å². The summed E-state index contributed by atoms with van der Waals surface area (Å²) < 4.78 is 24.6. The first kappa shape index (κ1) is 19.5. The van der Waals surface area contributed by atoms with Gasteiger partial charge in [0.15, 0.2) is 0 Å². The van der Waals surface area contributed by atoms with Crippen LogP contribution in [0.3, 0.4) is 0 Å². The van der Waals surface area contributed by atoms with E-state index in [2.05, 4.69) is 11.3 Å². The second-order valence-electron chi connectivity index (χ2n) is 5.45. The zero-order valence-electron chi connectivity index (χ0n) is 12.9. The Morgan fingerprint density at radius 3 is 2.20 bits per heavy atom. The van der Waals surface area contributed by atoms with Crippen LogP contribution in [0.4, 0.5) is 4.39 Å². The predicted octanol–water partition coefficient (Wildman–Crippen LogP) is 1.37. The van der Waals surface area contributed by atoms with E-state index in [-0.39, 0.29) is 6.79 Å². The van der Waals surface area contributed by atoms with Gasteiger partial charge in [0, 0.05) is 12.5 Å². The van der Waals surface area contributed by atoms with Gasteiger partial charge in [0.05, 0.1) is 0 Å². The van der Waals surface area contributed by atoms with E-state index >= 15 is 0 Å². The molecule has 0 aliphatic rings. The molecule has 0 aliphatic carbocycles. The Labute approximate surface area is 120 Å². The lowest BCUT2D eigenvalue weighted by atomic mass is 9.68. The Hall–Kier alpha value is -0.530. The fraction of sp³-hybridized carbons (Fsp3) is 0.857. The summed E-state index contributed by atoms with van der Waals surface area (Å²) >= 11 is 0. The maximum absolute atomic E-state index is 15.0. The molecule has 0 spiro atoms. The first-order valence-electron chi connectivity index (χ1n) is 6.57. The molecular weight excluding hydrogens is 267 g/mol. The van der Waals surface area contributed by atoms with Crippen molar-refractivity contribution in [2.45, 2.75) is 57.8 Å². The average molecular weight is 294 g/mol. The molecule has 0 bridgehead atoms. The molecule has 0 rings (SSSR count). The molecule has 0 fully saturated rings. The van der Waals surface area contributed by atoms with E-state index in [1.807, 2.05) is 0 Å². The number of aliphatic hydroxyl groups is 3. The lowest BCUT2D eigenvalue weighted by Gasteiger charge is -2.46. The zero-order valence-corrected chi connectivity index (χ0v) is 12.9. The summed E-state index contributed by atoms with van der Waals surface area (Å²) in [6.45, 7) is 9.08. The van der Waals surface area contributed by atoms with Crippen molar-refractivity contribution in [3.8, 4) is 0 Å². The van der Waals surface area contributed by atoms with E-state index in [1.165, 1.54) is 20.1 Å². The molecule has 0 aromatic carbocycles. The lowest BCUT2D eigenvalue weighted by molar-refractivity contribution is -0.317. The lowest BCUT2D eigenvalue weighted by Crippen LogP contribution is -2.63. The second-order valence-corrected chi connectivity index (χ2v) is 5.45. The molecule has 120 valence electrons. The highest BCUT2D eigenvalue weighted by atomic mass is 19.1. The highest BCUT2D eigenvalue weighted by Crippen LogP contribution is 2.44. The van der Waals surface area contributed by atoms with Crippen LogP contribution in [0, 0.1) is 5.41 Å². The summed E-state index contributed by atoms with van der Waals surface area (Å²) in [5, 5.41) is 30.2. The summed E-state index contributed by atoms with van der Waals surface area (Å²) in [5.74, 6) is -2.76. The molecule has 0 saturated heterocycles. The van der Waals surface area contributed by atoms with Gasteiger partial charge in [0.25, 0.3) is 0 Å². The summed E-state index contributed by atoms with van der Waals surface area (Å²) in [5.41, 5.74) is -3.43. The number of ether oxygens (including phenoxy) is 2. The predicted molar refractivity (Wildman–Crippen MR) is 73.7 cm³/mol. The minimum Gasteiger partial charge on any atom is -0.384 e. The molecule has 3 N–H and O–H groups in total. The fourth-order valence-corrected chi connectivity index (χ4v) is 1.92. The maximum atomic E-state index is 15.0. The standard InChI is InChI=1S/C14H27FO5/c1-7-12(4,8-2)13(5,15)11(16)14(17,18)10(3)20-9-19-6/h7,10-11,16-18H,1,8-9H2,2-6H3/t10?,11-,12+,13?/m1/s1. The number of aliphatic hydroxyl groups excluding tert-OH is 1. The monoisotopic (exact) mass is 294 g/mol. The zero-order chi connectivity index (χ0) is 16.2. The number of alkyl halides is 1. The molecule has 4 atom stereocenters. The number of allylic oxidation sites excluding steroid dienone is 1. The normalized spacial score (nSPS) is 21.6. The number of hydrogen-bond acceptors (Lipinski definition) is 5. The maximum Gasteiger partial charge on any atom is 0.219 e. The van der Waals surface area contributed by atoms with E-state index in [4.69, 9.17) is 4.74 Å². The fourth-order valence-electron chi connectivity index (χ4n) is 1.92. The third-order valence-electron chi connectivity index (χ3n) is 4.25. The third kappa shape index (κ3) is 3.56. The van der Waals surface area contributed by atoms with Crippen LogP contribution in [0.1, 0.15) is 34.1 Å². The molecule has 0 aliphatic heterocycles. The third-order valence-corrected chi connectivity index (χ3v) is 4.25. The van der Waals surface area contributed by atoms with Crippen LogP contribution in [0.5, 0.6) is 0 Å². The largest absolute Gasteiger partial charge is 0.384 e. The Kier molecular flexibility index (Phi) is 6.77. The van der Waals surface area contributed by atoms with Gasteiger partial charge < -0.3 is 24.8 Å². The Morgan fingerprint density at radius 1 is 1.35 bits per heavy atom. The van der Waals surface area contributed by atoms with Crippen LogP contribution in [-0.2, 0) is 9.47 Å². The quantitative estimate of drug-likeness (QED) is 0.442. The molecule has 5 nitrogen and oxygen atoms in total. The van der Waals surface area contributed by atoms with E-state index in [0.717, 1.165) is 6.92 Å². The number of methoxy groups -OCH3 is 1. The SMILES string of the molecule is C=C[C@@](C)(CC)C(C)(F)[C@@H](O)C(O)(O)C(C)OCOC. The van der Waals surface area contributed by atoms with Crippen molar-refractivity contribution in [2.75, 3.05) is 13.9 Å². The first-order valence-corrected chi connectivity index (χ1v) is 6.57. The van der Waals surface area contributed by atoms with Crippen molar-refractivity contribution in [1.82, 2.24) is 0 Å². The minimum absolute atomic E-state index is 0.202. The van der Waals surface area contributed by atoms with Crippen molar-refractivity contribution in [2.24, 2.45) is 5.41 Å². The Morgan fingerprint density at radius 2 is 1.85 bits per heavy atom. The van der Waals surface area contributed by atoms with Gasteiger partial charge in [-0.3, -0.25) is 0 Å². The van der Waals surface area contributed by atoms with E-state index in [9.17, 15) is 19.7 Å². The van der Waals surface area contributed by atoms with Gasteiger partial charge in [-0.1, -0.05) is 19.9 Å². The molecule has 20 heavy (non-hydrogen) atoms. The molecular formula is C14H27FO5. The number of halogens is 1. The molecule has 0 aromatic rings. The number of hydrogen-bond donors (Lipinski definition) is 3. The smallest absolute Gasteiger partial charge is 0.219 e. The highest BCUT2D eigenvalue weighted by molar-refractivity contribution is 5.10. The van der Waals surface area contributed by atoms with Gasteiger partial charge in [-0.25, -0.2) is 4.39 Å². The molecule has 0 aromatic heterocycles. The topological polar surface area (TPSA) is 79.2 Å². The summed E-state index contributed by atoms with van der Waals surface area (Å²) in [6.07, 6.45) is -1.61. The van der Waals surface area contributed by atoms with Gasteiger partial charge in [-0.05, 0) is 20.3 Å². The molecule has 0 heterocycles. The van der Waals surface area contributed by atoms with Gasteiger partial charge >= 0.3 is 0 Å². The molecule has 0 radical (unpaired) electrons. The van der Waals surface area contributed by atoms with E-state index in [1.54, 1.807) is 13.8 Å². The van der Waals surface area contributed by atoms with Crippen molar-refractivity contribution in [1.29, 1.82) is 0 Å². The van der Waals surface area contributed by atoms with Crippen LogP contribution in [-0.4, -0.2) is 52.9 Å². The Bertz CT molecular complexity index is 319. The van der Waals surface area contributed by atoms with E-state index < -0.39 is 29.1 Å². The van der Waals surface area contributed by atoms with Crippen LogP contribution in [0.15, 0.2) is 12.7 Å². The highest BCUT2D eigenvalue weighted by Gasteiger charge is 2.57. The summed E-state index contributed by atoms with van der Waals surface area (Å²) in [6, 6.07) is 0. The molecule has 0 amide bonds.